The first-order valence-electron chi connectivity index (χ1n) is 6.72. The van der Waals surface area contributed by atoms with E-state index < -0.39 is 23.8 Å². The maximum absolute atomic E-state index is 10.2. The molecule has 18 heavy (non-hydrogen) atoms. The molecule has 3 fully saturated rings. The van der Waals surface area contributed by atoms with Crippen LogP contribution in [0.2, 0.25) is 0 Å². The zero-order valence-corrected chi connectivity index (χ0v) is 11.2. The number of methoxy groups -OCH3 is 1. The second-order valence-electron chi connectivity index (χ2n) is 6.00. The third-order valence-corrected chi connectivity index (χ3v) is 4.32. The van der Waals surface area contributed by atoms with Gasteiger partial charge in [0.25, 0.3) is 0 Å². The van der Waals surface area contributed by atoms with Gasteiger partial charge in [-0.25, -0.2) is 0 Å². The highest BCUT2D eigenvalue weighted by molar-refractivity contribution is 5.06. The molecule has 1 N–H and O–H groups in total. The first-order valence-corrected chi connectivity index (χ1v) is 6.72. The van der Waals surface area contributed by atoms with E-state index >= 15 is 0 Å². The van der Waals surface area contributed by atoms with Crippen molar-refractivity contribution in [2.45, 2.75) is 75.5 Å². The Bertz CT molecular complexity index is 323. The quantitative estimate of drug-likeness (QED) is 0.765. The Labute approximate surface area is 107 Å². The summed E-state index contributed by atoms with van der Waals surface area (Å²) in [5.74, 6) is -0.694. The Morgan fingerprint density at radius 3 is 2.28 bits per heavy atom. The zero-order chi connectivity index (χ0) is 13.0. The van der Waals surface area contributed by atoms with Crippen molar-refractivity contribution in [2.24, 2.45) is 0 Å². The predicted octanol–water partition coefficient (Wildman–Crippen LogP) is 1.18. The number of fused-ring (bicyclic) bond motifs is 1. The predicted molar refractivity (Wildman–Crippen MR) is 62.9 cm³/mol. The molecular weight excluding hydrogens is 236 g/mol. The lowest BCUT2D eigenvalue weighted by atomic mass is 9.85. The van der Waals surface area contributed by atoms with E-state index in [2.05, 4.69) is 0 Å². The summed E-state index contributed by atoms with van der Waals surface area (Å²) in [6.45, 7) is 3.71. The van der Waals surface area contributed by atoms with Gasteiger partial charge >= 0.3 is 0 Å². The minimum Gasteiger partial charge on any atom is -0.376 e. The van der Waals surface area contributed by atoms with Crippen molar-refractivity contribution in [1.29, 1.82) is 0 Å². The smallest absolute Gasteiger partial charge is 0.184 e. The lowest BCUT2D eigenvalue weighted by Crippen LogP contribution is -2.62. The number of aliphatic hydroxyl groups is 1. The first kappa shape index (κ1) is 12.8. The fourth-order valence-corrected chi connectivity index (χ4v) is 3.67. The molecule has 0 aromatic carbocycles. The topological polar surface area (TPSA) is 57.2 Å². The van der Waals surface area contributed by atoms with E-state index in [0.717, 1.165) is 25.7 Å². The number of aliphatic hydroxyl groups excluding tert-OH is 1. The van der Waals surface area contributed by atoms with Crippen LogP contribution in [0.15, 0.2) is 0 Å². The van der Waals surface area contributed by atoms with Crippen molar-refractivity contribution in [3.05, 3.63) is 0 Å². The van der Waals surface area contributed by atoms with Gasteiger partial charge in [-0.05, 0) is 26.7 Å². The third kappa shape index (κ3) is 1.80. The van der Waals surface area contributed by atoms with Crippen LogP contribution in [-0.4, -0.2) is 48.2 Å². The van der Waals surface area contributed by atoms with E-state index in [1.165, 1.54) is 0 Å². The van der Waals surface area contributed by atoms with Gasteiger partial charge in [0, 0.05) is 7.11 Å². The molecule has 5 heteroatoms. The molecule has 4 atom stereocenters. The van der Waals surface area contributed by atoms with Crippen molar-refractivity contribution in [3.8, 4) is 0 Å². The summed E-state index contributed by atoms with van der Waals surface area (Å²) in [6, 6.07) is 0. The lowest BCUT2D eigenvalue weighted by Gasteiger charge is -2.46. The molecule has 0 aromatic rings. The third-order valence-electron chi connectivity index (χ3n) is 4.32. The zero-order valence-electron chi connectivity index (χ0n) is 11.2. The second-order valence-corrected chi connectivity index (χ2v) is 6.00. The molecule has 4 unspecified atom stereocenters. The summed E-state index contributed by atoms with van der Waals surface area (Å²) in [7, 11) is 1.68. The van der Waals surface area contributed by atoms with Crippen LogP contribution in [0.4, 0.5) is 0 Å². The van der Waals surface area contributed by atoms with Crippen LogP contribution >= 0.6 is 0 Å². The first-order chi connectivity index (χ1) is 8.47. The highest BCUT2D eigenvalue weighted by Crippen LogP contribution is 2.48. The highest BCUT2D eigenvalue weighted by Gasteiger charge is 2.61. The van der Waals surface area contributed by atoms with Crippen LogP contribution in [0.5, 0.6) is 0 Å². The summed E-state index contributed by atoms with van der Waals surface area (Å²) >= 11 is 0. The van der Waals surface area contributed by atoms with E-state index in [9.17, 15) is 5.11 Å². The Kier molecular flexibility index (Phi) is 2.95. The van der Waals surface area contributed by atoms with Gasteiger partial charge in [-0.15, -0.1) is 0 Å². The fraction of sp³-hybridized carbons (Fsp3) is 1.00. The number of ether oxygens (including phenoxy) is 4. The molecule has 3 rings (SSSR count). The Balaban J connectivity index is 1.90. The summed E-state index contributed by atoms with van der Waals surface area (Å²) in [5.41, 5.74) is -0.404. The molecule has 104 valence electrons. The second kappa shape index (κ2) is 4.15. The summed E-state index contributed by atoms with van der Waals surface area (Å²) in [4.78, 5) is 0. The summed E-state index contributed by atoms with van der Waals surface area (Å²) < 4.78 is 23.2. The van der Waals surface area contributed by atoms with Gasteiger partial charge in [0.2, 0.25) is 0 Å². The molecule has 5 nitrogen and oxygen atoms in total. The molecule has 0 radical (unpaired) electrons. The molecule has 3 aliphatic rings. The van der Waals surface area contributed by atoms with E-state index in [1.807, 2.05) is 13.8 Å². The number of hydrogen-bond donors (Lipinski definition) is 1. The van der Waals surface area contributed by atoms with Crippen LogP contribution < -0.4 is 0 Å². The van der Waals surface area contributed by atoms with Crippen molar-refractivity contribution < 1.29 is 24.1 Å². The Morgan fingerprint density at radius 2 is 1.67 bits per heavy atom. The van der Waals surface area contributed by atoms with E-state index in [4.69, 9.17) is 18.9 Å². The maximum Gasteiger partial charge on any atom is 0.184 e. The van der Waals surface area contributed by atoms with Crippen molar-refractivity contribution in [2.75, 3.05) is 7.11 Å². The van der Waals surface area contributed by atoms with E-state index in [0.29, 0.717) is 0 Å². The highest BCUT2D eigenvalue weighted by atomic mass is 16.8. The summed E-state index contributed by atoms with van der Waals surface area (Å²) in [6.07, 6.45) is 2.22. The number of rotatable bonds is 1. The van der Waals surface area contributed by atoms with Crippen LogP contribution in [0.25, 0.3) is 0 Å². The molecule has 2 saturated heterocycles. The SMILES string of the molecule is COC1C2OC(C)(C)OC2C(O)OC12CCCC2. The molecule has 0 bridgehead atoms. The van der Waals surface area contributed by atoms with Crippen LogP contribution in [-0.2, 0) is 18.9 Å². The molecule has 2 heterocycles. The van der Waals surface area contributed by atoms with E-state index in [-0.39, 0.29) is 12.2 Å². The lowest BCUT2D eigenvalue weighted by molar-refractivity contribution is -0.301. The monoisotopic (exact) mass is 258 g/mol. The average Bonchev–Trinajstić information content (AvgIpc) is 2.84. The Morgan fingerprint density at radius 1 is 1.06 bits per heavy atom. The molecular formula is C13H22O5. The van der Waals surface area contributed by atoms with Gasteiger partial charge in [-0.1, -0.05) is 12.8 Å². The molecule has 1 saturated carbocycles. The van der Waals surface area contributed by atoms with Crippen LogP contribution in [0.3, 0.4) is 0 Å². The molecule has 1 spiro atoms. The molecule has 0 aromatic heterocycles. The molecule has 2 aliphatic heterocycles. The van der Waals surface area contributed by atoms with E-state index in [1.54, 1.807) is 7.11 Å². The normalized spacial score (nSPS) is 45.3. The van der Waals surface area contributed by atoms with Gasteiger partial charge in [0.15, 0.2) is 12.1 Å². The number of hydrogen-bond acceptors (Lipinski definition) is 5. The molecule has 1 aliphatic carbocycles. The largest absolute Gasteiger partial charge is 0.376 e. The minimum atomic E-state index is -0.929. The Hall–Kier alpha value is -0.200. The van der Waals surface area contributed by atoms with Gasteiger partial charge in [-0.2, -0.15) is 0 Å². The standard InChI is InChI=1S/C13H22O5/c1-12(2)16-8-9(17-12)11(14)18-13(10(8)15-3)6-4-5-7-13/h8-11,14H,4-7H2,1-3H3. The van der Waals surface area contributed by atoms with Crippen molar-refractivity contribution in [3.63, 3.8) is 0 Å². The fourth-order valence-electron chi connectivity index (χ4n) is 3.67. The van der Waals surface area contributed by atoms with Crippen molar-refractivity contribution >= 4 is 0 Å². The van der Waals surface area contributed by atoms with Gasteiger partial charge in [0.05, 0.1) is 0 Å². The maximum atomic E-state index is 10.2. The average molecular weight is 258 g/mol. The van der Waals surface area contributed by atoms with Gasteiger partial charge in [-0.3, -0.25) is 0 Å². The minimum absolute atomic E-state index is 0.171. The summed E-state index contributed by atoms with van der Waals surface area (Å²) in [5, 5.41) is 10.2. The van der Waals surface area contributed by atoms with Crippen LogP contribution in [0.1, 0.15) is 39.5 Å². The van der Waals surface area contributed by atoms with Crippen molar-refractivity contribution in [1.82, 2.24) is 0 Å². The van der Waals surface area contributed by atoms with Crippen LogP contribution in [0, 0.1) is 0 Å². The molecule has 0 amide bonds. The van der Waals surface area contributed by atoms with Gasteiger partial charge in [0.1, 0.15) is 23.9 Å². The van der Waals surface area contributed by atoms with Gasteiger partial charge < -0.3 is 24.1 Å².